The van der Waals surface area contributed by atoms with Crippen molar-refractivity contribution in [2.24, 2.45) is 0 Å². The number of aliphatic carboxylic acids is 4. The molecule has 0 radical (unpaired) electrons. The van der Waals surface area contributed by atoms with E-state index in [2.05, 4.69) is 0 Å². The van der Waals surface area contributed by atoms with Crippen LogP contribution >= 0.6 is 0 Å². The molecule has 0 heterocycles. The average Bonchev–Trinajstić information content (AvgIpc) is 2.22. The standard InChI is InChI=1S/C10H16N2O8.Fe.Na/c13-7(14)3-11(4-8(15)16)1-2-12(5-9(17)18)6-10(19)20;;/h1-6H2,(H,13,14)(H,15,16)(H,17,18)(H,19,20);;/q;+2;+1. The van der Waals surface area contributed by atoms with Crippen LogP contribution in [0.15, 0.2) is 0 Å². The predicted molar refractivity (Wildman–Crippen MR) is 63.4 cm³/mol. The molecular formula is C10H16FeN2NaO8+3. The van der Waals surface area contributed by atoms with E-state index in [9.17, 15) is 19.2 Å². The zero-order valence-corrected chi connectivity index (χ0v) is 15.0. The van der Waals surface area contributed by atoms with Crippen molar-refractivity contribution in [3.8, 4) is 0 Å². The number of carboxylic acids is 4. The smallest absolute Gasteiger partial charge is 0.480 e. The zero-order chi connectivity index (χ0) is 15.7. The molecule has 0 bridgehead atoms. The van der Waals surface area contributed by atoms with E-state index in [1.165, 1.54) is 0 Å². The Morgan fingerprint density at radius 2 is 0.773 bits per heavy atom. The fourth-order valence-electron chi connectivity index (χ4n) is 1.48. The number of hydrogen-bond acceptors (Lipinski definition) is 6. The van der Waals surface area contributed by atoms with Crippen LogP contribution in [0.3, 0.4) is 0 Å². The first kappa shape index (κ1) is 26.2. The van der Waals surface area contributed by atoms with Crippen molar-refractivity contribution in [3.63, 3.8) is 0 Å². The maximum atomic E-state index is 10.6. The molecule has 12 heteroatoms. The first-order chi connectivity index (χ1) is 9.20. The van der Waals surface area contributed by atoms with Crippen molar-refractivity contribution in [1.82, 2.24) is 9.80 Å². The van der Waals surface area contributed by atoms with Gasteiger partial charge in [-0.15, -0.1) is 0 Å². The van der Waals surface area contributed by atoms with Crippen molar-refractivity contribution in [2.45, 2.75) is 0 Å². The summed E-state index contributed by atoms with van der Waals surface area (Å²) in [5, 5.41) is 34.5. The van der Waals surface area contributed by atoms with Gasteiger partial charge in [0.05, 0.1) is 26.2 Å². The molecule has 0 atom stereocenters. The first-order valence-electron chi connectivity index (χ1n) is 5.52. The normalized spacial score (nSPS) is 9.73. The summed E-state index contributed by atoms with van der Waals surface area (Å²) in [4.78, 5) is 44.4. The van der Waals surface area contributed by atoms with E-state index in [0.717, 1.165) is 9.80 Å². The maximum absolute atomic E-state index is 10.6. The summed E-state index contributed by atoms with van der Waals surface area (Å²) in [6.07, 6.45) is 0. The number of hydrogen-bond donors (Lipinski definition) is 4. The van der Waals surface area contributed by atoms with E-state index >= 15 is 0 Å². The molecule has 0 aromatic carbocycles. The Kier molecular flexibility index (Phi) is 16.6. The monoisotopic (exact) mass is 371 g/mol. The molecule has 120 valence electrons. The topological polar surface area (TPSA) is 156 Å². The van der Waals surface area contributed by atoms with Gasteiger partial charge < -0.3 is 20.4 Å². The van der Waals surface area contributed by atoms with E-state index in [1.807, 2.05) is 0 Å². The van der Waals surface area contributed by atoms with Gasteiger partial charge in [-0.1, -0.05) is 0 Å². The van der Waals surface area contributed by atoms with Gasteiger partial charge in [0, 0.05) is 13.1 Å². The minimum absolute atomic E-state index is 0. The molecule has 0 aromatic rings. The van der Waals surface area contributed by atoms with E-state index < -0.39 is 50.1 Å². The molecule has 0 aliphatic heterocycles. The van der Waals surface area contributed by atoms with Crippen LogP contribution in [0, 0.1) is 0 Å². The Hall–Kier alpha value is -0.681. The number of carboxylic acid groups (broad SMARTS) is 4. The van der Waals surface area contributed by atoms with Crippen LogP contribution in [-0.4, -0.2) is 93.4 Å². The molecule has 0 amide bonds. The molecular weight excluding hydrogens is 355 g/mol. The molecule has 0 saturated heterocycles. The summed E-state index contributed by atoms with van der Waals surface area (Å²) in [7, 11) is 0. The zero-order valence-electron chi connectivity index (χ0n) is 11.9. The van der Waals surface area contributed by atoms with Gasteiger partial charge in [0.15, 0.2) is 0 Å². The molecule has 0 rings (SSSR count). The van der Waals surface area contributed by atoms with Crippen LogP contribution in [0.1, 0.15) is 0 Å². The molecule has 0 aliphatic carbocycles. The average molecular weight is 371 g/mol. The summed E-state index contributed by atoms with van der Waals surface area (Å²) in [6, 6.07) is 0. The number of rotatable bonds is 11. The molecule has 0 saturated carbocycles. The van der Waals surface area contributed by atoms with Crippen molar-refractivity contribution in [3.05, 3.63) is 0 Å². The van der Waals surface area contributed by atoms with Crippen LogP contribution in [0.4, 0.5) is 0 Å². The van der Waals surface area contributed by atoms with Crippen molar-refractivity contribution in [2.75, 3.05) is 39.3 Å². The summed E-state index contributed by atoms with van der Waals surface area (Å²) < 4.78 is 0. The quantitative estimate of drug-likeness (QED) is 0.259. The first-order valence-corrected chi connectivity index (χ1v) is 5.52. The third kappa shape index (κ3) is 15.7. The van der Waals surface area contributed by atoms with Crippen molar-refractivity contribution >= 4 is 23.9 Å². The summed E-state index contributed by atoms with van der Waals surface area (Å²) in [6.45, 7) is -2.25. The number of nitrogens with zero attached hydrogens (tertiary/aromatic N) is 2. The van der Waals surface area contributed by atoms with Gasteiger partial charge in [-0.3, -0.25) is 29.0 Å². The summed E-state index contributed by atoms with van der Waals surface area (Å²) in [5.74, 6) is -4.91. The Balaban J connectivity index is -0.00000180. The molecule has 0 fully saturated rings. The van der Waals surface area contributed by atoms with E-state index in [-0.39, 0.29) is 59.7 Å². The minimum Gasteiger partial charge on any atom is -0.480 e. The molecule has 0 unspecified atom stereocenters. The van der Waals surface area contributed by atoms with Gasteiger partial charge in [-0.2, -0.15) is 0 Å². The molecule has 4 N–H and O–H groups in total. The van der Waals surface area contributed by atoms with Gasteiger partial charge in [-0.05, 0) is 0 Å². The third-order valence-corrected chi connectivity index (χ3v) is 2.17. The largest absolute Gasteiger partial charge is 2.00 e. The fraction of sp³-hybridized carbons (Fsp3) is 0.600. The maximum Gasteiger partial charge on any atom is 2.00 e. The molecule has 0 aliphatic rings. The van der Waals surface area contributed by atoms with E-state index in [0.29, 0.717) is 0 Å². The Labute approximate surface area is 158 Å². The molecule has 10 nitrogen and oxygen atoms in total. The van der Waals surface area contributed by atoms with Crippen molar-refractivity contribution in [1.29, 1.82) is 0 Å². The number of carbonyl (C=O) groups is 4. The van der Waals surface area contributed by atoms with Gasteiger partial charge in [0.25, 0.3) is 0 Å². The molecule has 0 aromatic heterocycles. The second kappa shape index (κ2) is 13.9. The van der Waals surface area contributed by atoms with Crippen LogP contribution in [0.5, 0.6) is 0 Å². The minimum atomic E-state index is -1.23. The van der Waals surface area contributed by atoms with Gasteiger partial charge in [0.1, 0.15) is 0 Å². The van der Waals surface area contributed by atoms with Gasteiger partial charge >= 0.3 is 70.5 Å². The second-order valence-corrected chi connectivity index (χ2v) is 4.00. The Morgan fingerprint density at radius 1 is 0.591 bits per heavy atom. The van der Waals surface area contributed by atoms with E-state index in [1.54, 1.807) is 0 Å². The molecule has 0 spiro atoms. The summed E-state index contributed by atoms with van der Waals surface area (Å²) >= 11 is 0. The molecule has 22 heavy (non-hydrogen) atoms. The fourth-order valence-corrected chi connectivity index (χ4v) is 1.48. The Bertz CT molecular complexity index is 327. The Morgan fingerprint density at radius 3 is 0.909 bits per heavy atom. The second-order valence-electron chi connectivity index (χ2n) is 4.00. The predicted octanol–water partition coefficient (Wildman–Crippen LogP) is -5.07. The SMILES string of the molecule is O=C(O)CN(CCN(CC(=O)O)CC(=O)O)CC(=O)O.[Fe+2].[Na+]. The van der Waals surface area contributed by atoms with Crippen LogP contribution in [0.25, 0.3) is 0 Å². The van der Waals surface area contributed by atoms with Crippen molar-refractivity contribution < 1.29 is 86.2 Å². The van der Waals surface area contributed by atoms with Crippen LogP contribution in [-0.2, 0) is 36.2 Å². The van der Waals surface area contributed by atoms with E-state index in [4.69, 9.17) is 20.4 Å². The van der Waals surface area contributed by atoms with Crippen LogP contribution in [0.2, 0.25) is 0 Å². The van der Waals surface area contributed by atoms with Gasteiger partial charge in [-0.25, -0.2) is 0 Å². The van der Waals surface area contributed by atoms with Crippen LogP contribution < -0.4 is 29.6 Å². The summed E-state index contributed by atoms with van der Waals surface area (Å²) in [5.41, 5.74) is 0. The third-order valence-electron chi connectivity index (χ3n) is 2.17. The van der Waals surface area contributed by atoms with Gasteiger partial charge in [0.2, 0.25) is 0 Å².